The van der Waals surface area contributed by atoms with Crippen LogP contribution in [0.3, 0.4) is 0 Å². The second-order valence-electron chi connectivity index (χ2n) is 8.04. The number of benzene rings is 3. The Morgan fingerprint density at radius 1 is 0.667 bits per heavy atom. The van der Waals surface area contributed by atoms with E-state index in [2.05, 4.69) is 0 Å². The van der Waals surface area contributed by atoms with E-state index in [0.717, 1.165) is 16.7 Å². The monoisotopic (exact) mass is 468 g/mol. The van der Waals surface area contributed by atoms with Crippen LogP contribution in [0.4, 0.5) is 0 Å². The first-order valence-corrected chi connectivity index (χ1v) is 11.5. The van der Waals surface area contributed by atoms with Crippen LogP contribution in [0.5, 0.6) is 0 Å². The smallest absolute Gasteiger partial charge is 0.160 e. The van der Waals surface area contributed by atoms with Crippen molar-refractivity contribution in [3.8, 4) is 0 Å². The zero-order valence-electron chi connectivity index (χ0n) is 18.3. The molecule has 0 unspecified atom stereocenters. The molecule has 0 amide bonds. The summed E-state index contributed by atoms with van der Waals surface area (Å²) in [6.45, 7) is 1.39. The van der Waals surface area contributed by atoms with Crippen LogP contribution in [0.2, 0.25) is 0 Å². The summed E-state index contributed by atoms with van der Waals surface area (Å²) in [5, 5.41) is 10.8. The number of rotatable bonds is 10. The Kier molecular flexibility index (Phi) is 8.89. The van der Waals surface area contributed by atoms with Crippen LogP contribution in [0.25, 0.3) is 0 Å². The Bertz CT molecular complexity index is 941. The number of alkyl halides is 1. The van der Waals surface area contributed by atoms with Gasteiger partial charge in [0.2, 0.25) is 0 Å². The van der Waals surface area contributed by atoms with Crippen LogP contribution in [0.15, 0.2) is 91.0 Å². The van der Waals surface area contributed by atoms with Crippen molar-refractivity contribution in [1.82, 2.24) is 0 Å². The molecule has 0 saturated carbocycles. The fourth-order valence-electron chi connectivity index (χ4n) is 3.81. The summed E-state index contributed by atoms with van der Waals surface area (Å²) >= 11 is 6.35. The van der Waals surface area contributed by atoms with Gasteiger partial charge in [0.05, 0.1) is 26.4 Å². The standard InChI is InChI=1S/C27H29ClO5/c28-27-24(29)26(32-18-22-14-8-3-9-15-22)25(31-17-21-12-6-2-7-13-21)23(33-27)19-30-16-20-10-4-1-5-11-20/h1-15,23-27,29H,16-19H2/t23-,24-,25-,26-,27+/m1/s1. The van der Waals surface area contributed by atoms with Crippen molar-refractivity contribution < 1.29 is 24.1 Å². The van der Waals surface area contributed by atoms with Crippen molar-refractivity contribution in [3.63, 3.8) is 0 Å². The number of hydrogen-bond acceptors (Lipinski definition) is 5. The molecular weight excluding hydrogens is 440 g/mol. The van der Waals surface area contributed by atoms with Gasteiger partial charge in [-0.2, -0.15) is 0 Å². The van der Waals surface area contributed by atoms with E-state index in [9.17, 15) is 5.11 Å². The summed E-state index contributed by atoms with van der Waals surface area (Å²) in [6.07, 6.45) is -2.77. The molecule has 1 fully saturated rings. The molecule has 3 aromatic rings. The highest BCUT2D eigenvalue weighted by molar-refractivity contribution is 6.20. The molecule has 1 aliphatic heterocycles. The van der Waals surface area contributed by atoms with E-state index < -0.39 is 30.0 Å². The number of aliphatic hydroxyl groups excluding tert-OH is 1. The second-order valence-corrected chi connectivity index (χ2v) is 8.47. The Morgan fingerprint density at radius 2 is 1.12 bits per heavy atom. The highest BCUT2D eigenvalue weighted by Crippen LogP contribution is 2.30. The Labute approximate surface area is 199 Å². The minimum atomic E-state index is -1.04. The van der Waals surface area contributed by atoms with Crippen molar-refractivity contribution in [2.24, 2.45) is 0 Å². The molecule has 33 heavy (non-hydrogen) atoms. The van der Waals surface area contributed by atoms with Crippen LogP contribution in [0.1, 0.15) is 16.7 Å². The van der Waals surface area contributed by atoms with Crippen LogP contribution >= 0.6 is 11.6 Å². The second kappa shape index (κ2) is 12.3. The molecule has 174 valence electrons. The lowest BCUT2D eigenvalue weighted by Gasteiger charge is -2.42. The van der Waals surface area contributed by atoms with E-state index in [1.54, 1.807) is 0 Å². The first kappa shape index (κ1) is 23.9. The predicted octanol–water partition coefficient (Wildman–Crippen LogP) is 4.70. The van der Waals surface area contributed by atoms with Crippen molar-refractivity contribution in [3.05, 3.63) is 108 Å². The van der Waals surface area contributed by atoms with E-state index in [0.29, 0.717) is 19.8 Å². The van der Waals surface area contributed by atoms with Gasteiger partial charge < -0.3 is 24.1 Å². The minimum absolute atomic E-state index is 0.259. The normalized spacial score (nSPS) is 25.1. The Morgan fingerprint density at radius 3 is 1.64 bits per heavy atom. The van der Waals surface area contributed by atoms with Gasteiger partial charge in [-0.05, 0) is 16.7 Å². The van der Waals surface area contributed by atoms with Gasteiger partial charge in [0, 0.05) is 0 Å². The minimum Gasteiger partial charge on any atom is -0.386 e. The third kappa shape index (κ3) is 6.87. The summed E-state index contributed by atoms with van der Waals surface area (Å²) in [5.41, 5.74) is 2.16. The van der Waals surface area contributed by atoms with E-state index in [1.165, 1.54) is 0 Å². The maximum atomic E-state index is 10.8. The molecule has 0 spiro atoms. The maximum absolute atomic E-state index is 10.8. The van der Waals surface area contributed by atoms with Gasteiger partial charge in [-0.1, -0.05) is 103 Å². The summed E-state index contributed by atoms with van der Waals surface area (Å²) in [6, 6.07) is 29.6. The van der Waals surface area contributed by atoms with Gasteiger partial charge in [0.25, 0.3) is 0 Å². The average Bonchev–Trinajstić information content (AvgIpc) is 2.86. The van der Waals surface area contributed by atoms with Gasteiger partial charge in [-0.15, -0.1) is 0 Å². The maximum Gasteiger partial charge on any atom is 0.160 e. The van der Waals surface area contributed by atoms with E-state index in [4.69, 9.17) is 30.5 Å². The van der Waals surface area contributed by atoms with E-state index in [1.807, 2.05) is 91.0 Å². The summed E-state index contributed by atoms with van der Waals surface area (Å²) in [5.74, 6) is 0. The van der Waals surface area contributed by atoms with Gasteiger partial charge in [-0.3, -0.25) is 0 Å². The largest absolute Gasteiger partial charge is 0.386 e. The number of ether oxygens (including phenoxy) is 4. The first-order valence-electron chi connectivity index (χ1n) is 11.1. The lowest BCUT2D eigenvalue weighted by atomic mass is 9.99. The summed E-state index contributed by atoms with van der Waals surface area (Å²) in [7, 11) is 0. The molecule has 6 heteroatoms. The van der Waals surface area contributed by atoms with Crippen molar-refractivity contribution >= 4 is 11.6 Å². The molecule has 1 saturated heterocycles. The van der Waals surface area contributed by atoms with Gasteiger partial charge in [0.15, 0.2) is 5.56 Å². The molecule has 4 rings (SSSR count). The van der Waals surface area contributed by atoms with E-state index >= 15 is 0 Å². The summed E-state index contributed by atoms with van der Waals surface area (Å²) < 4.78 is 24.2. The van der Waals surface area contributed by atoms with Crippen LogP contribution < -0.4 is 0 Å². The quantitative estimate of drug-likeness (QED) is 0.437. The van der Waals surface area contributed by atoms with Crippen LogP contribution in [-0.2, 0) is 38.8 Å². The third-order valence-corrected chi connectivity index (χ3v) is 5.93. The zero-order chi connectivity index (χ0) is 22.9. The molecule has 3 aromatic carbocycles. The molecule has 0 aromatic heterocycles. The van der Waals surface area contributed by atoms with Gasteiger partial charge in [0.1, 0.15) is 24.4 Å². The molecule has 1 aliphatic rings. The number of aliphatic hydroxyl groups is 1. The number of halogens is 1. The van der Waals surface area contributed by atoms with Gasteiger partial charge in [-0.25, -0.2) is 0 Å². The lowest BCUT2D eigenvalue weighted by Crippen LogP contribution is -2.59. The molecule has 0 bridgehead atoms. The zero-order valence-corrected chi connectivity index (χ0v) is 19.1. The molecule has 5 nitrogen and oxygen atoms in total. The first-order chi connectivity index (χ1) is 16.2. The molecule has 0 aliphatic carbocycles. The molecule has 1 heterocycles. The fourth-order valence-corrected chi connectivity index (χ4v) is 4.09. The van der Waals surface area contributed by atoms with Gasteiger partial charge >= 0.3 is 0 Å². The molecule has 5 atom stereocenters. The van der Waals surface area contributed by atoms with E-state index in [-0.39, 0.29) is 6.61 Å². The average molecular weight is 469 g/mol. The van der Waals surface area contributed by atoms with Crippen molar-refractivity contribution in [1.29, 1.82) is 0 Å². The van der Waals surface area contributed by atoms with Crippen LogP contribution in [0, 0.1) is 0 Å². The highest BCUT2D eigenvalue weighted by Gasteiger charge is 2.46. The third-order valence-electron chi connectivity index (χ3n) is 5.56. The fraction of sp³-hybridized carbons (Fsp3) is 0.333. The Hall–Kier alpha value is -2.25. The molecule has 0 radical (unpaired) electrons. The van der Waals surface area contributed by atoms with Crippen molar-refractivity contribution in [2.45, 2.75) is 49.8 Å². The highest BCUT2D eigenvalue weighted by atomic mass is 35.5. The molecular formula is C27H29ClO5. The molecule has 1 N–H and O–H groups in total. The Balaban J connectivity index is 1.46. The SMILES string of the molecule is O[C@@H]1[C@@H](OCc2ccccc2)[C@H](OCc2ccccc2)[C@@H](COCc2ccccc2)O[C@@H]1Cl. The lowest BCUT2D eigenvalue weighted by molar-refractivity contribution is -0.244. The topological polar surface area (TPSA) is 57.2 Å². The number of hydrogen-bond donors (Lipinski definition) is 1. The predicted molar refractivity (Wildman–Crippen MR) is 127 cm³/mol. The van der Waals surface area contributed by atoms with Crippen LogP contribution in [-0.4, -0.2) is 41.7 Å². The van der Waals surface area contributed by atoms with Crippen molar-refractivity contribution in [2.75, 3.05) is 6.61 Å². The summed E-state index contributed by atoms with van der Waals surface area (Å²) in [4.78, 5) is 0.